The maximum absolute atomic E-state index is 4.46. The van der Waals surface area contributed by atoms with Crippen LogP contribution in [0.4, 0.5) is 0 Å². The number of aromatic nitrogens is 2. The molecular weight excluding hydrogens is 282 g/mol. The highest BCUT2D eigenvalue weighted by Crippen LogP contribution is 2.10. The first-order valence-corrected chi connectivity index (χ1v) is 8.13. The van der Waals surface area contributed by atoms with Gasteiger partial charge in [0.15, 0.2) is 0 Å². The van der Waals surface area contributed by atoms with E-state index in [4.69, 9.17) is 0 Å². The highest BCUT2D eigenvalue weighted by atomic mass is 15.3. The van der Waals surface area contributed by atoms with Gasteiger partial charge in [-0.25, -0.2) is 4.68 Å². The van der Waals surface area contributed by atoms with Crippen molar-refractivity contribution in [3.05, 3.63) is 84.2 Å². The van der Waals surface area contributed by atoms with Crippen molar-refractivity contribution in [3.63, 3.8) is 0 Å². The first-order valence-electron chi connectivity index (χ1n) is 8.13. The van der Waals surface area contributed by atoms with Crippen LogP contribution in [0.5, 0.6) is 0 Å². The smallest absolute Gasteiger partial charge is 0.0645 e. The summed E-state index contributed by atoms with van der Waals surface area (Å²) in [6, 6.07) is 20.9. The van der Waals surface area contributed by atoms with Crippen LogP contribution >= 0.6 is 0 Å². The van der Waals surface area contributed by atoms with Crippen molar-refractivity contribution in [1.82, 2.24) is 14.7 Å². The van der Waals surface area contributed by atoms with Gasteiger partial charge >= 0.3 is 0 Å². The molecule has 0 aliphatic rings. The van der Waals surface area contributed by atoms with Gasteiger partial charge in [-0.1, -0.05) is 48.5 Å². The lowest BCUT2D eigenvalue weighted by molar-refractivity contribution is 0.322. The molecule has 3 aromatic rings. The fourth-order valence-electron chi connectivity index (χ4n) is 2.75. The summed E-state index contributed by atoms with van der Waals surface area (Å²) in [5, 5.41) is 4.46. The monoisotopic (exact) mass is 305 g/mol. The molecule has 118 valence electrons. The van der Waals surface area contributed by atoms with Gasteiger partial charge in [-0.15, -0.1) is 0 Å². The molecule has 0 bridgehead atoms. The molecule has 0 amide bonds. The first-order chi connectivity index (χ1) is 11.3. The molecule has 0 N–H and O–H groups in total. The molecule has 23 heavy (non-hydrogen) atoms. The molecule has 0 radical (unpaired) electrons. The van der Waals surface area contributed by atoms with E-state index in [1.54, 1.807) is 0 Å². The number of hydrogen-bond acceptors (Lipinski definition) is 2. The Morgan fingerprint density at radius 1 is 0.913 bits per heavy atom. The summed E-state index contributed by atoms with van der Waals surface area (Å²) < 4.78 is 1.94. The molecule has 0 saturated heterocycles. The molecule has 3 nitrogen and oxygen atoms in total. The number of rotatable bonds is 7. The maximum Gasteiger partial charge on any atom is 0.0645 e. The summed E-state index contributed by atoms with van der Waals surface area (Å²) in [4.78, 5) is 2.36. The fraction of sp³-hybridized carbons (Fsp3) is 0.250. The van der Waals surface area contributed by atoms with Gasteiger partial charge in [0.05, 0.1) is 11.9 Å². The third-order valence-electron chi connectivity index (χ3n) is 3.96. The van der Waals surface area contributed by atoms with E-state index in [1.807, 2.05) is 29.1 Å². The summed E-state index contributed by atoms with van der Waals surface area (Å²) >= 11 is 0. The van der Waals surface area contributed by atoms with E-state index in [0.717, 1.165) is 25.2 Å². The second-order valence-corrected chi connectivity index (χ2v) is 5.96. The Kier molecular flexibility index (Phi) is 5.22. The summed E-state index contributed by atoms with van der Waals surface area (Å²) in [5.74, 6) is 0. The van der Waals surface area contributed by atoms with Gasteiger partial charge in [-0.3, -0.25) is 0 Å². The molecule has 3 rings (SSSR count). The van der Waals surface area contributed by atoms with E-state index in [9.17, 15) is 0 Å². The summed E-state index contributed by atoms with van der Waals surface area (Å²) in [6.45, 7) is 2.02. The standard InChI is InChI=1S/C20H23N3/c1-22(14-8-11-18-9-4-2-5-10-18)16-19-15-21-23(17-19)20-12-6-3-7-13-20/h2-7,9-10,12-13,15,17H,8,11,14,16H2,1H3. The van der Waals surface area contributed by atoms with Gasteiger partial charge in [0, 0.05) is 18.3 Å². The minimum Gasteiger partial charge on any atom is -0.302 e. The van der Waals surface area contributed by atoms with Crippen LogP contribution in [0.15, 0.2) is 73.1 Å². The van der Waals surface area contributed by atoms with Crippen LogP contribution < -0.4 is 0 Å². The van der Waals surface area contributed by atoms with Crippen LogP contribution in [0.25, 0.3) is 5.69 Å². The first kappa shape index (κ1) is 15.5. The Hall–Kier alpha value is -2.39. The molecule has 0 atom stereocenters. The lowest BCUT2D eigenvalue weighted by atomic mass is 10.1. The highest BCUT2D eigenvalue weighted by molar-refractivity contribution is 5.30. The van der Waals surface area contributed by atoms with Crippen molar-refractivity contribution in [2.75, 3.05) is 13.6 Å². The number of aryl methyl sites for hydroxylation is 1. The average molecular weight is 305 g/mol. The normalized spacial score (nSPS) is 11.0. The summed E-state index contributed by atoms with van der Waals surface area (Å²) in [7, 11) is 2.17. The topological polar surface area (TPSA) is 21.1 Å². The van der Waals surface area contributed by atoms with Crippen molar-refractivity contribution in [2.45, 2.75) is 19.4 Å². The second kappa shape index (κ2) is 7.75. The van der Waals surface area contributed by atoms with Crippen LogP contribution in [0.3, 0.4) is 0 Å². The number of hydrogen-bond donors (Lipinski definition) is 0. The minimum atomic E-state index is 0.932. The lowest BCUT2D eigenvalue weighted by Crippen LogP contribution is -2.19. The van der Waals surface area contributed by atoms with Gasteiger partial charge in [-0.2, -0.15) is 5.10 Å². The minimum absolute atomic E-state index is 0.932. The van der Waals surface area contributed by atoms with E-state index in [0.29, 0.717) is 0 Å². The van der Waals surface area contributed by atoms with E-state index in [1.165, 1.54) is 17.5 Å². The van der Waals surface area contributed by atoms with Crippen molar-refractivity contribution in [1.29, 1.82) is 0 Å². The molecule has 2 aromatic carbocycles. The van der Waals surface area contributed by atoms with E-state index >= 15 is 0 Å². The van der Waals surface area contributed by atoms with Crippen molar-refractivity contribution in [2.24, 2.45) is 0 Å². The second-order valence-electron chi connectivity index (χ2n) is 5.96. The average Bonchev–Trinajstić information content (AvgIpc) is 3.05. The zero-order chi connectivity index (χ0) is 15.9. The van der Waals surface area contributed by atoms with E-state index in [2.05, 4.69) is 65.7 Å². The Balaban J connectivity index is 1.48. The predicted octanol–water partition coefficient (Wildman–Crippen LogP) is 3.94. The third kappa shape index (κ3) is 4.54. The SMILES string of the molecule is CN(CCCc1ccccc1)Cc1cnn(-c2ccccc2)c1. The number of para-hydroxylation sites is 1. The number of nitrogens with zero attached hydrogens (tertiary/aromatic N) is 3. The van der Waals surface area contributed by atoms with Crippen molar-refractivity contribution < 1.29 is 0 Å². The van der Waals surface area contributed by atoms with Gasteiger partial charge in [0.1, 0.15) is 0 Å². The summed E-state index contributed by atoms with van der Waals surface area (Å²) in [6.07, 6.45) is 6.38. The zero-order valence-corrected chi connectivity index (χ0v) is 13.6. The quantitative estimate of drug-likeness (QED) is 0.659. The molecular formula is C20H23N3. The van der Waals surface area contributed by atoms with Gasteiger partial charge < -0.3 is 4.90 Å². The molecule has 1 aromatic heterocycles. The van der Waals surface area contributed by atoms with Gasteiger partial charge in [-0.05, 0) is 44.1 Å². The zero-order valence-electron chi connectivity index (χ0n) is 13.6. The maximum atomic E-state index is 4.46. The predicted molar refractivity (Wildman–Crippen MR) is 94.7 cm³/mol. The molecule has 0 aliphatic carbocycles. The number of benzene rings is 2. The van der Waals surface area contributed by atoms with E-state index in [-0.39, 0.29) is 0 Å². The molecule has 0 fully saturated rings. The van der Waals surface area contributed by atoms with Crippen LogP contribution in [0, 0.1) is 0 Å². The highest BCUT2D eigenvalue weighted by Gasteiger charge is 2.04. The molecule has 1 heterocycles. The Labute approximate surface area is 138 Å². The van der Waals surface area contributed by atoms with Crippen molar-refractivity contribution in [3.8, 4) is 5.69 Å². The molecule has 0 saturated carbocycles. The Bertz CT molecular complexity index is 704. The Morgan fingerprint density at radius 3 is 2.35 bits per heavy atom. The molecule has 0 unspecified atom stereocenters. The molecule has 0 aliphatic heterocycles. The van der Waals surface area contributed by atoms with Gasteiger partial charge in [0.25, 0.3) is 0 Å². The van der Waals surface area contributed by atoms with E-state index < -0.39 is 0 Å². The molecule has 3 heteroatoms. The van der Waals surface area contributed by atoms with Crippen LogP contribution in [-0.4, -0.2) is 28.3 Å². The fourth-order valence-corrected chi connectivity index (χ4v) is 2.75. The van der Waals surface area contributed by atoms with Crippen LogP contribution in [-0.2, 0) is 13.0 Å². The molecule has 0 spiro atoms. The largest absolute Gasteiger partial charge is 0.302 e. The Morgan fingerprint density at radius 2 is 1.61 bits per heavy atom. The lowest BCUT2D eigenvalue weighted by Gasteiger charge is -2.15. The van der Waals surface area contributed by atoms with Crippen molar-refractivity contribution >= 4 is 0 Å². The third-order valence-corrected chi connectivity index (χ3v) is 3.96. The summed E-state index contributed by atoms with van der Waals surface area (Å²) in [5.41, 5.74) is 3.76. The van der Waals surface area contributed by atoms with Crippen LogP contribution in [0.1, 0.15) is 17.5 Å². The van der Waals surface area contributed by atoms with Gasteiger partial charge in [0.2, 0.25) is 0 Å². The van der Waals surface area contributed by atoms with Crippen LogP contribution in [0.2, 0.25) is 0 Å².